The first-order valence-corrected chi connectivity index (χ1v) is 7.02. The molecule has 20 heavy (non-hydrogen) atoms. The van der Waals surface area contributed by atoms with E-state index in [-0.39, 0.29) is 5.91 Å². The van der Waals surface area contributed by atoms with Gasteiger partial charge in [-0.25, -0.2) is 10.8 Å². The molecule has 3 heterocycles. The van der Waals surface area contributed by atoms with Gasteiger partial charge in [-0.05, 0) is 25.7 Å². The van der Waals surface area contributed by atoms with Crippen molar-refractivity contribution in [2.45, 2.75) is 32.2 Å². The third kappa shape index (κ3) is 2.40. The Kier molecular flexibility index (Phi) is 3.43. The molecule has 2 aliphatic heterocycles. The number of carbonyl (C=O) groups is 1. The van der Waals surface area contributed by atoms with Crippen LogP contribution in [0.5, 0.6) is 0 Å². The summed E-state index contributed by atoms with van der Waals surface area (Å²) in [5.74, 6) is 7.44. The zero-order chi connectivity index (χ0) is 14.1. The van der Waals surface area contributed by atoms with Gasteiger partial charge in [0.1, 0.15) is 5.82 Å². The first-order chi connectivity index (χ1) is 9.67. The fourth-order valence-electron chi connectivity index (χ4n) is 3.13. The van der Waals surface area contributed by atoms with Crippen LogP contribution in [0.3, 0.4) is 0 Å². The fourth-order valence-corrected chi connectivity index (χ4v) is 3.13. The summed E-state index contributed by atoms with van der Waals surface area (Å²) in [6.07, 6.45) is 4.34. The van der Waals surface area contributed by atoms with Crippen molar-refractivity contribution in [2.75, 3.05) is 23.4 Å². The number of hydrazine groups is 1. The number of aromatic nitrogens is 2. The van der Waals surface area contributed by atoms with Crippen LogP contribution in [0.2, 0.25) is 0 Å². The molecule has 0 bridgehead atoms. The Morgan fingerprint density at radius 1 is 1.50 bits per heavy atom. The molecule has 4 N–H and O–H groups in total. The number of nitrogens with two attached hydrogens (primary N) is 1. The average molecular weight is 276 g/mol. The monoisotopic (exact) mass is 276 g/mol. The molecule has 0 spiro atoms. The fraction of sp³-hybridized carbons (Fsp3) is 0.615. The Hall–Kier alpha value is -1.89. The lowest BCUT2D eigenvalue weighted by molar-refractivity contribution is -0.124. The summed E-state index contributed by atoms with van der Waals surface area (Å²) in [6, 6.07) is 0.321. The Bertz CT molecular complexity index is 520. The number of carbonyl (C=O) groups excluding carboxylic acids is 1. The second-order valence-corrected chi connectivity index (χ2v) is 5.55. The van der Waals surface area contributed by atoms with Gasteiger partial charge < -0.3 is 10.2 Å². The zero-order valence-electron chi connectivity index (χ0n) is 11.6. The Morgan fingerprint density at radius 2 is 2.35 bits per heavy atom. The second kappa shape index (κ2) is 5.24. The molecule has 1 aromatic heterocycles. The van der Waals surface area contributed by atoms with Crippen molar-refractivity contribution in [3.05, 3.63) is 11.8 Å². The molecule has 0 aliphatic carbocycles. The summed E-state index contributed by atoms with van der Waals surface area (Å²) in [5.41, 5.74) is 3.53. The van der Waals surface area contributed by atoms with Crippen LogP contribution in [0.25, 0.3) is 0 Å². The Morgan fingerprint density at radius 3 is 3.15 bits per heavy atom. The van der Waals surface area contributed by atoms with Gasteiger partial charge >= 0.3 is 0 Å². The zero-order valence-corrected chi connectivity index (χ0v) is 11.6. The molecular formula is C13H20N6O. The predicted octanol–water partition coefficient (Wildman–Crippen LogP) is 0.176. The number of fused-ring (bicyclic) bond motifs is 1. The van der Waals surface area contributed by atoms with Crippen LogP contribution in [0.15, 0.2) is 6.20 Å². The summed E-state index contributed by atoms with van der Waals surface area (Å²) in [5, 5.41) is 3.10. The van der Waals surface area contributed by atoms with E-state index in [1.807, 2.05) is 6.92 Å². The number of nitrogen functional groups attached to an aromatic ring is 1. The highest BCUT2D eigenvalue weighted by molar-refractivity contribution is 5.77. The first-order valence-electron chi connectivity index (χ1n) is 7.02. The van der Waals surface area contributed by atoms with Crippen molar-refractivity contribution < 1.29 is 4.79 Å². The molecule has 1 aromatic rings. The molecule has 7 nitrogen and oxygen atoms in total. The number of anilines is 2. The van der Waals surface area contributed by atoms with Crippen LogP contribution >= 0.6 is 0 Å². The molecule has 2 fully saturated rings. The van der Waals surface area contributed by atoms with Crippen molar-refractivity contribution in [1.29, 1.82) is 0 Å². The van der Waals surface area contributed by atoms with E-state index in [0.29, 0.717) is 24.3 Å². The Balaban J connectivity index is 1.77. The molecule has 7 heteroatoms. The molecule has 1 amide bonds. The predicted molar refractivity (Wildman–Crippen MR) is 76.1 cm³/mol. The van der Waals surface area contributed by atoms with Gasteiger partial charge in [0.05, 0.1) is 0 Å². The summed E-state index contributed by atoms with van der Waals surface area (Å²) < 4.78 is 0. The van der Waals surface area contributed by atoms with Crippen LogP contribution in [0, 0.1) is 12.8 Å². The number of rotatable bonds is 2. The van der Waals surface area contributed by atoms with E-state index in [2.05, 4.69) is 25.6 Å². The highest BCUT2D eigenvalue weighted by Gasteiger charge is 2.34. The number of amides is 1. The Labute approximate surface area is 117 Å². The molecule has 0 aromatic carbocycles. The van der Waals surface area contributed by atoms with Gasteiger partial charge in [0.2, 0.25) is 11.9 Å². The quantitative estimate of drug-likeness (QED) is 0.526. The lowest BCUT2D eigenvalue weighted by Gasteiger charge is -2.42. The lowest BCUT2D eigenvalue weighted by Crippen LogP contribution is -2.54. The van der Waals surface area contributed by atoms with Gasteiger partial charge in [0, 0.05) is 37.3 Å². The SMILES string of the molecule is Cc1cnc(NN)nc1N1CCC2NC(=O)CCC2C1. The molecule has 2 aliphatic rings. The van der Waals surface area contributed by atoms with Crippen molar-refractivity contribution in [2.24, 2.45) is 11.8 Å². The second-order valence-electron chi connectivity index (χ2n) is 5.55. The highest BCUT2D eigenvalue weighted by Crippen LogP contribution is 2.29. The smallest absolute Gasteiger partial charge is 0.239 e. The molecule has 108 valence electrons. The average Bonchev–Trinajstić information content (AvgIpc) is 2.47. The molecule has 0 saturated carbocycles. The topological polar surface area (TPSA) is 96.2 Å². The molecule has 2 atom stereocenters. The maximum absolute atomic E-state index is 11.4. The van der Waals surface area contributed by atoms with Gasteiger partial charge in [-0.2, -0.15) is 4.98 Å². The number of hydrogen-bond acceptors (Lipinski definition) is 6. The third-order valence-electron chi connectivity index (χ3n) is 4.20. The number of aryl methyl sites for hydroxylation is 1. The van der Waals surface area contributed by atoms with Crippen molar-refractivity contribution in [3.8, 4) is 0 Å². The van der Waals surface area contributed by atoms with Crippen LogP contribution in [0.1, 0.15) is 24.8 Å². The van der Waals surface area contributed by atoms with E-state index in [1.165, 1.54) is 0 Å². The largest absolute Gasteiger partial charge is 0.356 e. The molecule has 0 radical (unpaired) electrons. The van der Waals surface area contributed by atoms with E-state index < -0.39 is 0 Å². The minimum Gasteiger partial charge on any atom is -0.356 e. The standard InChI is InChI=1S/C13H20N6O/c1-8-6-15-13(18-14)17-12(8)19-5-4-10-9(7-19)2-3-11(20)16-10/h6,9-10H,2-5,7,14H2,1H3,(H,16,20)(H,15,17,18). The summed E-state index contributed by atoms with van der Waals surface area (Å²) in [6.45, 7) is 3.82. The van der Waals surface area contributed by atoms with Gasteiger partial charge in [0.15, 0.2) is 0 Å². The maximum atomic E-state index is 11.4. The summed E-state index contributed by atoms with van der Waals surface area (Å²) in [4.78, 5) is 22.3. The van der Waals surface area contributed by atoms with Crippen molar-refractivity contribution in [3.63, 3.8) is 0 Å². The summed E-state index contributed by atoms with van der Waals surface area (Å²) >= 11 is 0. The van der Waals surface area contributed by atoms with Crippen LogP contribution in [0.4, 0.5) is 11.8 Å². The minimum absolute atomic E-state index is 0.188. The van der Waals surface area contributed by atoms with E-state index >= 15 is 0 Å². The normalized spacial score (nSPS) is 25.9. The van der Waals surface area contributed by atoms with Crippen LogP contribution < -0.4 is 21.5 Å². The van der Waals surface area contributed by atoms with E-state index in [4.69, 9.17) is 5.84 Å². The lowest BCUT2D eigenvalue weighted by atomic mass is 9.85. The van der Waals surface area contributed by atoms with E-state index in [1.54, 1.807) is 6.20 Å². The molecule has 2 unspecified atom stereocenters. The third-order valence-corrected chi connectivity index (χ3v) is 4.20. The number of hydrogen-bond donors (Lipinski definition) is 3. The maximum Gasteiger partial charge on any atom is 0.239 e. The van der Waals surface area contributed by atoms with Gasteiger partial charge in [0.25, 0.3) is 0 Å². The van der Waals surface area contributed by atoms with Crippen LogP contribution in [-0.4, -0.2) is 35.0 Å². The number of nitrogens with zero attached hydrogens (tertiary/aromatic N) is 3. The van der Waals surface area contributed by atoms with E-state index in [9.17, 15) is 4.79 Å². The van der Waals surface area contributed by atoms with Crippen molar-refractivity contribution >= 4 is 17.7 Å². The molecule has 3 rings (SSSR count). The van der Waals surface area contributed by atoms with Gasteiger partial charge in [-0.15, -0.1) is 0 Å². The first kappa shape index (κ1) is 13.1. The highest BCUT2D eigenvalue weighted by atomic mass is 16.1. The molecule has 2 saturated heterocycles. The minimum atomic E-state index is 0.188. The van der Waals surface area contributed by atoms with Gasteiger partial charge in [-0.1, -0.05) is 0 Å². The summed E-state index contributed by atoms with van der Waals surface area (Å²) in [7, 11) is 0. The van der Waals surface area contributed by atoms with Crippen molar-refractivity contribution in [1.82, 2.24) is 15.3 Å². The van der Waals surface area contributed by atoms with Gasteiger partial charge in [-0.3, -0.25) is 10.2 Å². The number of piperidine rings is 2. The van der Waals surface area contributed by atoms with Crippen LogP contribution in [-0.2, 0) is 4.79 Å². The number of nitrogens with one attached hydrogen (secondary N) is 2. The molecular weight excluding hydrogens is 256 g/mol. The van der Waals surface area contributed by atoms with E-state index in [0.717, 1.165) is 37.3 Å².